The lowest BCUT2D eigenvalue weighted by Gasteiger charge is -2.13. The number of fused-ring (bicyclic) bond motifs is 3. The maximum absolute atomic E-state index is 13.1. The Morgan fingerprint density at radius 3 is 3.09 bits per heavy atom. The highest BCUT2D eigenvalue weighted by atomic mass is 32.2. The number of thioether (sulfide) groups is 1. The molecule has 1 amide bonds. The first kappa shape index (κ1) is 21.0. The molecule has 1 fully saturated rings. The van der Waals surface area contributed by atoms with Gasteiger partial charge in [-0.25, -0.2) is 0 Å². The standard InChI is InChI=1S/C21H21N5O4S2/c1-29-14-5-2-4-13(10-14)22-17(27)12-32-21-24-23-20-25(11-15-6-3-8-30-15)19(28)18-16(26(20)21)7-9-31-18/h2,4-5,7,9-10,15H,3,6,8,11-12H2,1H3,(H,22,27). The van der Waals surface area contributed by atoms with E-state index in [1.165, 1.54) is 23.1 Å². The van der Waals surface area contributed by atoms with E-state index in [-0.39, 0.29) is 23.3 Å². The highest BCUT2D eigenvalue weighted by Crippen LogP contribution is 2.25. The van der Waals surface area contributed by atoms with Crippen LogP contribution in [0.3, 0.4) is 0 Å². The Kier molecular flexibility index (Phi) is 5.85. The maximum atomic E-state index is 13.1. The molecule has 1 atom stereocenters. The Hall–Kier alpha value is -2.89. The molecule has 1 unspecified atom stereocenters. The van der Waals surface area contributed by atoms with Crippen LogP contribution in [0, 0.1) is 0 Å². The van der Waals surface area contributed by atoms with Crippen molar-refractivity contribution in [2.45, 2.75) is 30.6 Å². The van der Waals surface area contributed by atoms with Gasteiger partial charge in [0.15, 0.2) is 5.16 Å². The molecule has 0 saturated carbocycles. The van der Waals surface area contributed by atoms with E-state index >= 15 is 0 Å². The van der Waals surface area contributed by atoms with E-state index in [2.05, 4.69) is 15.5 Å². The van der Waals surface area contributed by atoms with Crippen LogP contribution in [-0.2, 0) is 16.1 Å². The zero-order valence-electron chi connectivity index (χ0n) is 17.3. The third kappa shape index (κ3) is 3.98. The van der Waals surface area contributed by atoms with Gasteiger partial charge in [-0.05, 0) is 36.4 Å². The van der Waals surface area contributed by atoms with Gasteiger partial charge in [0.25, 0.3) is 5.56 Å². The van der Waals surface area contributed by atoms with Crippen LogP contribution in [0.2, 0.25) is 0 Å². The number of hydrogen-bond donors (Lipinski definition) is 1. The van der Waals surface area contributed by atoms with E-state index in [9.17, 15) is 9.59 Å². The number of thiophene rings is 1. The summed E-state index contributed by atoms with van der Waals surface area (Å²) < 4.78 is 15.1. The van der Waals surface area contributed by atoms with E-state index in [0.717, 1.165) is 18.4 Å². The van der Waals surface area contributed by atoms with Crippen LogP contribution in [0.15, 0.2) is 45.7 Å². The van der Waals surface area contributed by atoms with Gasteiger partial charge >= 0.3 is 0 Å². The zero-order valence-corrected chi connectivity index (χ0v) is 18.9. The molecule has 0 bridgehead atoms. The summed E-state index contributed by atoms with van der Waals surface area (Å²) in [6.45, 7) is 1.16. The number of benzene rings is 1. The molecule has 1 N–H and O–H groups in total. The summed E-state index contributed by atoms with van der Waals surface area (Å²) in [5.74, 6) is 1.11. The molecule has 0 aliphatic carbocycles. The van der Waals surface area contributed by atoms with Crippen LogP contribution in [0.25, 0.3) is 16.0 Å². The van der Waals surface area contributed by atoms with Crippen LogP contribution in [0.4, 0.5) is 5.69 Å². The number of amides is 1. The van der Waals surface area contributed by atoms with Gasteiger partial charge in [0.05, 0.1) is 31.0 Å². The van der Waals surface area contributed by atoms with Crippen molar-refractivity contribution in [1.82, 2.24) is 19.2 Å². The molecular weight excluding hydrogens is 450 g/mol. The predicted octanol–water partition coefficient (Wildman–Crippen LogP) is 3.02. The van der Waals surface area contributed by atoms with Crippen molar-refractivity contribution in [2.24, 2.45) is 0 Å². The number of aromatic nitrogens is 4. The molecule has 1 aliphatic heterocycles. The number of nitrogens with zero attached hydrogens (tertiary/aromatic N) is 4. The minimum absolute atomic E-state index is 0.00430. The molecule has 1 aromatic carbocycles. The number of ether oxygens (including phenoxy) is 2. The third-order valence-electron chi connectivity index (χ3n) is 5.28. The monoisotopic (exact) mass is 471 g/mol. The summed E-state index contributed by atoms with van der Waals surface area (Å²) in [4.78, 5) is 25.6. The number of carbonyl (C=O) groups excluding carboxylic acids is 1. The van der Waals surface area contributed by atoms with Gasteiger partial charge in [-0.1, -0.05) is 17.8 Å². The lowest BCUT2D eigenvalue weighted by atomic mass is 10.2. The van der Waals surface area contributed by atoms with Gasteiger partial charge in [-0.2, -0.15) is 0 Å². The molecule has 9 nitrogen and oxygen atoms in total. The topological polar surface area (TPSA) is 99.8 Å². The van der Waals surface area contributed by atoms with Crippen LogP contribution >= 0.6 is 23.1 Å². The minimum Gasteiger partial charge on any atom is -0.497 e. The predicted molar refractivity (Wildman–Crippen MR) is 124 cm³/mol. The van der Waals surface area contributed by atoms with E-state index < -0.39 is 0 Å². The SMILES string of the molecule is COc1cccc(NC(=O)CSc2nnc3n(CC4CCCO4)c(=O)c4sccc4n23)c1. The number of nitrogens with one attached hydrogen (secondary N) is 1. The molecular formula is C21H21N5O4S2. The smallest absolute Gasteiger partial charge is 0.272 e. The average Bonchev–Trinajstić information content (AvgIpc) is 3.56. The lowest BCUT2D eigenvalue weighted by molar-refractivity contribution is -0.113. The van der Waals surface area contributed by atoms with Crippen molar-refractivity contribution < 1.29 is 14.3 Å². The van der Waals surface area contributed by atoms with Crippen molar-refractivity contribution in [3.05, 3.63) is 46.1 Å². The molecule has 1 saturated heterocycles. The fourth-order valence-electron chi connectivity index (χ4n) is 3.78. The highest BCUT2D eigenvalue weighted by molar-refractivity contribution is 7.99. The van der Waals surface area contributed by atoms with Gasteiger partial charge in [-0.15, -0.1) is 21.5 Å². The fourth-order valence-corrected chi connectivity index (χ4v) is 5.34. The fraction of sp³-hybridized carbons (Fsp3) is 0.333. The van der Waals surface area contributed by atoms with Crippen LogP contribution in [0.1, 0.15) is 12.8 Å². The number of anilines is 1. The molecule has 166 valence electrons. The Balaban J connectivity index is 1.41. The van der Waals surface area contributed by atoms with Crippen molar-refractivity contribution >= 4 is 50.7 Å². The number of hydrogen-bond acceptors (Lipinski definition) is 8. The first-order valence-corrected chi connectivity index (χ1v) is 12.0. The maximum Gasteiger partial charge on any atom is 0.272 e. The van der Waals surface area contributed by atoms with Crippen LogP contribution < -0.4 is 15.6 Å². The molecule has 11 heteroatoms. The Morgan fingerprint density at radius 1 is 1.38 bits per heavy atom. The van der Waals surface area contributed by atoms with Gasteiger partial charge < -0.3 is 14.8 Å². The first-order valence-electron chi connectivity index (χ1n) is 10.2. The molecule has 0 radical (unpaired) electrons. The molecule has 0 spiro atoms. The van der Waals surface area contributed by atoms with Crippen LogP contribution in [0.5, 0.6) is 5.75 Å². The van der Waals surface area contributed by atoms with Crippen molar-refractivity contribution in [1.29, 1.82) is 0 Å². The third-order valence-corrected chi connectivity index (χ3v) is 7.10. The number of methoxy groups -OCH3 is 1. The second-order valence-corrected chi connectivity index (χ2v) is 9.23. The summed E-state index contributed by atoms with van der Waals surface area (Å²) in [7, 11) is 1.58. The summed E-state index contributed by atoms with van der Waals surface area (Å²) in [5, 5.41) is 13.9. The van der Waals surface area contributed by atoms with Crippen molar-refractivity contribution in [2.75, 3.05) is 24.8 Å². The Bertz CT molecular complexity index is 1340. The Labute approximate surface area is 191 Å². The molecule has 32 heavy (non-hydrogen) atoms. The molecule has 3 aromatic heterocycles. The van der Waals surface area contributed by atoms with Crippen molar-refractivity contribution in [3.8, 4) is 5.75 Å². The quantitative estimate of drug-likeness (QED) is 0.414. The second kappa shape index (κ2) is 8.93. The highest BCUT2D eigenvalue weighted by Gasteiger charge is 2.23. The molecule has 4 aromatic rings. The largest absolute Gasteiger partial charge is 0.497 e. The van der Waals surface area contributed by atoms with E-state index in [1.54, 1.807) is 23.8 Å². The zero-order chi connectivity index (χ0) is 22.1. The summed E-state index contributed by atoms with van der Waals surface area (Å²) >= 11 is 2.67. The second-order valence-electron chi connectivity index (χ2n) is 7.37. The van der Waals surface area contributed by atoms with E-state index in [4.69, 9.17) is 9.47 Å². The van der Waals surface area contributed by atoms with Gasteiger partial charge in [0.1, 0.15) is 10.4 Å². The first-order chi connectivity index (χ1) is 15.6. The van der Waals surface area contributed by atoms with Crippen LogP contribution in [-0.4, -0.2) is 50.6 Å². The average molecular weight is 472 g/mol. The molecule has 4 heterocycles. The van der Waals surface area contributed by atoms with E-state index in [0.29, 0.717) is 40.2 Å². The minimum atomic E-state index is -0.172. The van der Waals surface area contributed by atoms with Gasteiger partial charge in [0, 0.05) is 18.4 Å². The van der Waals surface area contributed by atoms with Crippen molar-refractivity contribution in [3.63, 3.8) is 0 Å². The summed E-state index contributed by atoms with van der Waals surface area (Å²) in [6.07, 6.45) is 1.91. The van der Waals surface area contributed by atoms with Gasteiger partial charge in [0.2, 0.25) is 11.7 Å². The lowest BCUT2D eigenvalue weighted by Crippen LogP contribution is -2.28. The summed E-state index contributed by atoms with van der Waals surface area (Å²) in [5.41, 5.74) is 1.32. The van der Waals surface area contributed by atoms with E-state index in [1.807, 2.05) is 28.0 Å². The number of carbonyl (C=O) groups is 1. The Morgan fingerprint density at radius 2 is 2.28 bits per heavy atom. The number of rotatable bonds is 7. The molecule has 5 rings (SSSR count). The summed E-state index contributed by atoms with van der Waals surface area (Å²) in [6, 6.07) is 9.07. The molecule has 1 aliphatic rings. The van der Waals surface area contributed by atoms with Gasteiger partial charge in [-0.3, -0.25) is 18.6 Å². The normalized spacial score (nSPS) is 16.1.